The molecule has 3 nitrogen and oxygen atoms in total. The zero-order valence-electron chi connectivity index (χ0n) is 12.1. The fraction of sp³-hybridized carbons (Fsp3) is 0.235. The van der Waals surface area contributed by atoms with Crippen LogP contribution < -0.4 is 5.73 Å². The Hall–Kier alpha value is -1.91. The van der Waals surface area contributed by atoms with Gasteiger partial charge in [0.05, 0.1) is 13.2 Å². The molecule has 2 rings (SSSR count). The maximum atomic E-state index is 13.7. The van der Waals surface area contributed by atoms with E-state index >= 15 is 0 Å². The fourth-order valence-corrected chi connectivity index (χ4v) is 2.35. The molecule has 22 heavy (non-hydrogen) atoms. The van der Waals surface area contributed by atoms with Crippen LogP contribution in [0.2, 0.25) is 5.02 Å². The molecule has 116 valence electrons. The molecule has 0 saturated heterocycles. The predicted molar refractivity (Wildman–Crippen MR) is 85.5 cm³/mol. The van der Waals surface area contributed by atoms with Crippen LogP contribution in [0.15, 0.2) is 48.5 Å². The van der Waals surface area contributed by atoms with Crippen LogP contribution in [0.3, 0.4) is 0 Å². The van der Waals surface area contributed by atoms with E-state index in [0.717, 1.165) is 23.8 Å². The second-order valence-corrected chi connectivity index (χ2v) is 5.44. The van der Waals surface area contributed by atoms with Crippen LogP contribution in [-0.2, 0) is 16.0 Å². The highest BCUT2D eigenvalue weighted by atomic mass is 35.5. The summed E-state index contributed by atoms with van der Waals surface area (Å²) in [5, 5.41) is 0.668. The molecule has 0 aliphatic carbocycles. The van der Waals surface area contributed by atoms with E-state index in [4.69, 9.17) is 17.3 Å². The number of rotatable bonds is 5. The minimum atomic E-state index is -1.82. The number of halogens is 2. The van der Waals surface area contributed by atoms with Gasteiger partial charge in [0.25, 0.3) is 0 Å². The Kier molecular flexibility index (Phi) is 5.52. The Balaban J connectivity index is 2.08. The maximum Gasteiger partial charge on any atom is 0.342 e. The summed E-state index contributed by atoms with van der Waals surface area (Å²) in [6, 6.07) is 14.2. The average molecular weight is 322 g/mol. The summed E-state index contributed by atoms with van der Waals surface area (Å²) in [5.41, 5.74) is 8.56. The van der Waals surface area contributed by atoms with Gasteiger partial charge in [-0.05, 0) is 35.2 Å². The van der Waals surface area contributed by atoms with Crippen molar-refractivity contribution in [2.45, 2.75) is 18.6 Å². The van der Waals surface area contributed by atoms with E-state index in [1.807, 2.05) is 48.5 Å². The third-order valence-electron chi connectivity index (χ3n) is 3.39. The molecule has 0 spiro atoms. The summed E-state index contributed by atoms with van der Waals surface area (Å²) in [6.07, 6.45) is -1.57. The van der Waals surface area contributed by atoms with Gasteiger partial charge in [0, 0.05) is 5.02 Å². The van der Waals surface area contributed by atoms with Gasteiger partial charge in [-0.15, -0.1) is 0 Å². The number of hydrogen-bond acceptors (Lipinski definition) is 3. The van der Waals surface area contributed by atoms with Crippen molar-refractivity contribution in [2.75, 3.05) is 7.11 Å². The van der Waals surface area contributed by atoms with Crippen LogP contribution >= 0.6 is 11.6 Å². The number of ether oxygens (including phenoxy) is 1. The van der Waals surface area contributed by atoms with Crippen LogP contribution in [-0.4, -0.2) is 25.3 Å². The van der Waals surface area contributed by atoms with Gasteiger partial charge in [-0.3, -0.25) is 0 Å². The van der Waals surface area contributed by atoms with Gasteiger partial charge < -0.3 is 10.5 Å². The molecule has 2 atom stereocenters. The lowest BCUT2D eigenvalue weighted by atomic mass is 9.99. The highest BCUT2D eigenvalue weighted by molar-refractivity contribution is 6.30. The standard InChI is InChI=1S/C17H17ClFNO2/c1-22-17(21)16(19)15(20)9-11-5-7-12(8-6-11)13-3-2-4-14(18)10-13/h2-8,10,15-16H,9,20H2,1H3/t15-,16?/m1/s1. The molecule has 2 aromatic rings. The lowest BCUT2D eigenvalue weighted by Gasteiger charge is -2.15. The zero-order chi connectivity index (χ0) is 16.1. The third kappa shape index (κ3) is 4.06. The van der Waals surface area contributed by atoms with Crippen LogP contribution in [0, 0.1) is 0 Å². The minimum Gasteiger partial charge on any atom is -0.467 e. The van der Waals surface area contributed by atoms with Crippen molar-refractivity contribution in [3.63, 3.8) is 0 Å². The van der Waals surface area contributed by atoms with Gasteiger partial charge in [0.2, 0.25) is 6.17 Å². The van der Waals surface area contributed by atoms with Gasteiger partial charge in [-0.2, -0.15) is 0 Å². The van der Waals surface area contributed by atoms with Crippen LogP contribution in [0.1, 0.15) is 5.56 Å². The number of methoxy groups -OCH3 is 1. The summed E-state index contributed by atoms with van der Waals surface area (Å²) in [4.78, 5) is 11.1. The summed E-state index contributed by atoms with van der Waals surface area (Å²) in [5.74, 6) is -0.942. The largest absolute Gasteiger partial charge is 0.467 e. The minimum absolute atomic E-state index is 0.256. The number of esters is 1. The van der Waals surface area contributed by atoms with Gasteiger partial charge in [0.1, 0.15) is 0 Å². The quantitative estimate of drug-likeness (QED) is 0.859. The van der Waals surface area contributed by atoms with E-state index in [2.05, 4.69) is 4.74 Å². The molecule has 0 aliphatic heterocycles. The van der Waals surface area contributed by atoms with Crippen molar-refractivity contribution < 1.29 is 13.9 Å². The van der Waals surface area contributed by atoms with E-state index in [1.54, 1.807) is 0 Å². The molecule has 0 heterocycles. The maximum absolute atomic E-state index is 13.7. The second-order valence-electron chi connectivity index (χ2n) is 5.00. The van der Waals surface area contributed by atoms with E-state index in [-0.39, 0.29) is 6.42 Å². The van der Waals surface area contributed by atoms with Crippen molar-refractivity contribution in [2.24, 2.45) is 5.73 Å². The summed E-state index contributed by atoms with van der Waals surface area (Å²) in [6.45, 7) is 0. The first-order valence-corrected chi connectivity index (χ1v) is 7.21. The number of nitrogens with two attached hydrogens (primary N) is 1. The molecule has 2 aromatic carbocycles. The van der Waals surface area contributed by atoms with Gasteiger partial charge in [-0.1, -0.05) is 48.0 Å². The molecule has 0 amide bonds. The molecule has 2 N–H and O–H groups in total. The predicted octanol–water partition coefficient (Wildman–Crippen LogP) is 3.39. The normalized spacial score (nSPS) is 13.5. The first-order valence-electron chi connectivity index (χ1n) is 6.83. The van der Waals surface area contributed by atoms with E-state index in [0.29, 0.717) is 5.02 Å². The zero-order valence-corrected chi connectivity index (χ0v) is 12.9. The first kappa shape index (κ1) is 16.5. The number of alkyl halides is 1. The van der Waals surface area contributed by atoms with Crippen molar-refractivity contribution in [1.29, 1.82) is 0 Å². The molecule has 0 aliphatic rings. The smallest absolute Gasteiger partial charge is 0.342 e. The summed E-state index contributed by atoms with van der Waals surface area (Å²) < 4.78 is 18.0. The molecular weight excluding hydrogens is 305 g/mol. The Morgan fingerprint density at radius 3 is 2.50 bits per heavy atom. The number of carbonyl (C=O) groups is 1. The van der Waals surface area contributed by atoms with Crippen LogP contribution in [0.25, 0.3) is 11.1 Å². The molecule has 0 saturated carbocycles. The van der Waals surface area contributed by atoms with Crippen LogP contribution in [0.5, 0.6) is 0 Å². The van der Waals surface area contributed by atoms with Gasteiger partial charge in [-0.25, -0.2) is 9.18 Å². The van der Waals surface area contributed by atoms with Crippen molar-refractivity contribution in [3.8, 4) is 11.1 Å². The monoisotopic (exact) mass is 321 g/mol. The molecule has 5 heteroatoms. The topological polar surface area (TPSA) is 52.3 Å². The third-order valence-corrected chi connectivity index (χ3v) is 3.62. The van der Waals surface area contributed by atoms with Gasteiger partial charge >= 0.3 is 5.97 Å². The summed E-state index contributed by atoms with van der Waals surface area (Å²) >= 11 is 5.97. The Labute approximate surface area is 133 Å². The SMILES string of the molecule is COC(=O)C(F)[C@H](N)Cc1ccc(-c2cccc(Cl)c2)cc1. The Bertz CT molecular complexity index is 645. The van der Waals surface area contributed by atoms with E-state index < -0.39 is 18.2 Å². The Morgan fingerprint density at radius 2 is 1.91 bits per heavy atom. The Morgan fingerprint density at radius 1 is 1.23 bits per heavy atom. The second kappa shape index (κ2) is 7.38. The molecule has 1 unspecified atom stereocenters. The number of carbonyl (C=O) groups excluding carboxylic acids is 1. The highest BCUT2D eigenvalue weighted by Gasteiger charge is 2.25. The molecular formula is C17H17ClFNO2. The van der Waals surface area contributed by atoms with Crippen molar-refractivity contribution >= 4 is 17.6 Å². The molecule has 0 aromatic heterocycles. The van der Waals surface area contributed by atoms with E-state index in [9.17, 15) is 9.18 Å². The summed E-state index contributed by atoms with van der Waals surface area (Å²) in [7, 11) is 1.14. The molecule has 0 bridgehead atoms. The van der Waals surface area contributed by atoms with Gasteiger partial charge in [0.15, 0.2) is 0 Å². The first-order chi connectivity index (χ1) is 10.5. The highest BCUT2D eigenvalue weighted by Crippen LogP contribution is 2.23. The fourth-order valence-electron chi connectivity index (χ4n) is 2.16. The van der Waals surface area contributed by atoms with Crippen LogP contribution in [0.4, 0.5) is 4.39 Å². The molecule has 0 fully saturated rings. The average Bonchev–Trinajstić information content (AvgIpc) is 2.54. The van der Waals surface area contributed by atoms with Crippen molar-refractivity contribution in [1.82, 2.24) is 0 Å². The van der Waals surface area contributed by atoms with E-state index in [1.165, 1.54) is 0 Å². The number of benzene rings is 2. The lowest BCUT2D eigenvalue weighted by Crippen LogP contribution is -2.39. The molecule has 0 radical (unpaired) electrons. The number of hydrogen-bond donors (Lipinski definition) is 1. The van der Waals surface area contributed by atoms with Crippen molar-refractivity contribution in [3.05, 3.63) is 59.1 Å². The lowest BCUT2D eigenvalue weighted by molar-refractivity contribution is -0.147.